The van der Waals surface area contributed by atoms with Crippen molar-refractivity contribution in [2.75, 3.05) is 37.7 Å². The molecule has 5 heteroatoms. The zero-order valence-electron chi connectivity index (χ0n) is 10.4. The molecule has 1 aliphatic heterocycles. The Bertz CT molecular complexity index is 276. The Morgan fingerprint density at radius 1 is 1.31 bits per heavy atom. The lowest BCUT2D eigenvalue weighted by Crippen LogP contribution is -2.41. The average Bonchev–Trinajstić information content (AvgIpc) is 2.26. The minimum Gasteiger partial charge on any atom is -0.314 e. The predicted octanol–water partition coefficient (Wildman–Crippen LogP) is 0.495. The van der Waals surface area contributed by atoms with Crippen LogP contribution in [0.1, 0.15) is 26.7 Å². The van der Waals surface area contributed by atoms with Crippen LogP contribution in [0.15, 0.2) is 0 Å². The lowest BCUT2D eigenvalue weighted by atomic mass is 10.2. The average molecular weight is 248 g/mol. The van der Waals surface area contributed by atoms with Crippen LogP contribution in [0.5, 0.6) is 0 Å². The lowest BCUT2D eigenvalue weighted by Gasteiger charge is -2.26. The minimum absolute atomic E-state index is 0.339. The molecule has 1 fully saturated rings. The molecule has 1 aliphatic rings. The fourth-order valence-corrected chi connectivity index (χ4v) is 3.05. The van der Waals surface area contributed by atoms with E-state index < -0.39 is 9.84 Å². The van der Waals surface area contributed by atoms with E-state index in [1.54, 1.807) is 0 Å². The zero-order valence-corrected chi connectivity index (χ0v) is 11.2. The second kappa shape index (κ2) is 6.57. The molecular weight excluding hydrogens is 224 g/mol. The van der Waals surface area contributed by atoms with Crippen molar-refractivity contribution >= 4 is 9.84 Å². The van der Waals surface area contributed by atoms with Gasteiger partial charge in [-0.25, -0.2) is 8.42 Å². The molecule has 0 amide bonds. The molecular formula is C11H24N2O2S. The van der Waals surface area contributed by atoms with Crippen molar-refractivity contribution in [1.29, 1.82) is 0 Å². The van der Waals surface area contributed by atoms with Crippen molar-refractivity contribution in [2.45, 2.75) is 32.7 Å². The third kappa shape index (κ3) is 5.27. The summed E-state index contributed by atoms with van der Waals surface area (Å²) in [6.45, 7) is 7.83. The Morgan fingerprint density at radius 2 is 1.94 bits per heavy atom. The van der Waals surface area contributed by atoms with Crippen molar-refractivity contribution in [3.05, 3.63) is 0 Å². The van der Waals surface area contributed by atoms with Crippen LogP contribution in [0.2, 0.25) is 0 Å². The zero-order chi connectivity index (χ0) is 12.0. The van der Waals surface area contributed by atoms with Crippen LogP contribution in [0.25, 0.3) is 0 Å². The van der Waals surface area contributed by atoms with Crippen LogP contribution in [0.4, 0.5) is 0 Å². The maximum atomic E-state index is 11.2. The second-order valence-corrected chi connectivity index (χ2v) is 6.91. The first-order valence-corrected chi connectivity index (χ1v) is 8.02. The van der Waals surface area contributed by atoms with Crippen LogP contribution in [-0.2, 0) is 9.84 Å². The number of sulfone groups is 1. The summed E-state index contributed by atoms with van der Waals surface area (Å²) < 4.78 is 22.4. The van der Waals surface area contributed by atoms with Crippen LogP contribution in [0, 0.1) is 0 Å². The first-order chi connectivity index (χ1) is 7.53. The molecule has 1 saturated heterocycles. The Labute approximate surface area is 99.3 Å². The molecule has 16 heavy (non-hydrogen) atoms. The van der Waals surface area contributed by atoms with Gasteiger partial charge in [0.1, 0.15) is 0 Å². The van der Waals surface area contributed by atoms with Gasteiger partial charge < -0.3 is 10.2 Å². The third-order valence-corrected chi connectivity index (χ3v) is 4.80. The highest BCUT2D eigenvalue weighted by Crippen LogP contribution is 2.03. The van der Waals surface area contributed by atoms with Crippen LogP contribution in [-0.4, -0.2) is 57.0 Å². The summed E-state index contributed by atoms with van der Waals surface area (Å²) in [5.41, 5.74) is 0. The Kier molecular flexibility index (Phi) is 5.72. The first-order valence-electron chi connectivity index (χ1n) is 6.19. The third-order valence-electron chi connectivity index (χ3n) is 3.19. The van der Waals surface area contributed by atoms with E-state index in [9.17, 15) is 8.42 Å². The molecule has 1 unspecified atom stereocenters. The molecule has 0 saturated carbocycles. The molecule has 1 heterocycles. The standard InChI is InChI=1S/C11H24N2O2S/c1-3-11(2)12-5-4-6-13-7-9-16(14,15)10-8-13/h11-12H,3-10H2,1-2H3. The molecule has 0 spiro atoms. The van der Waals surface area contributed by atoms with Crippen LogP contribution >= 0.6 is 0 Å². The van der Waals surface area contributed by atoms with Gasteiger partial charge in [0.05, 0.1) is 11.5 Å². The fourth-order valence-electron chi connectivity index (χ4n) is 1.77. The lowest BCUT2D eigenvalue weighted by molar-refractivity contribution is 0.288. The van der Waals surface area contributed by atoms with Crippen molar-refractivity contribution in [3.63, 3.8) is 0 Å². The van der Waals surface area contributed by atoms with Crippen molar-refractivity contribution in [3.8, 4) is 0 Å². The van der Waals surface area contributed by atoms with Gasteiger partial charge in [-0.15, -0.1) is 0 Å². The summed E-state index contributed by atoms with van der Waals surface area (Å²) in [6, 6.07) is 0.585. The van der Waals surface area contributed by atoms with Gasteiger partial charge in [-0.3, -0.25) is 0 Å². The van der Waals surface area contributed by atoms with E-state index in [1.807, 2.05) is 0 Å². The first kappa shape index (κ1) is 13.9. The van der Waals surface area contributed by atoms with E-state index in [0.29, 0.717) is 30.6 Å². The van der Waals surface area contributed by atoms with Crippen molar-refractivity contribution in [1.82, 2.24) is 10.2 Å². The SMILES string of the molecule is CCC(C)NCCCN1CCS(=O)(=O)CC1. The number of hydrogen-bond donors (Lipinski definition) is 1. The van der Waals surface area contributed by atoms with Gasteiger partial charge in [0, 0.05) is 19.1 Å². The Morgan fingerprint density at radius 3 is 2.50 bits per heavy atom. The Hall–Kier alpha value is -0.130. The molecule has 0 aromatic rings. The van der Waals surface area contributed by atoms with E-state index >= 15 is 0 Å². The highest BCUT2D eigenvalue weighted by molar-refractivity contribution is 7.91. The highest BCUT2D eigenvalue weighted by Gasteiger charge is 2.20. The molecule has 1 rings (SSSR count). The molecule has 0 aromatic heterocycles. The van der Waals surface area contributed by atoms with Crippen molar-refractivity contribution < 1.29 is 8.42 Å². The van der Waals surface area contributed by atoms with E-state index in [1.165, 1.54) is 0 Å². The van der Waals surface area contributed by atoms with Gasteiger partial charge >= 0.3 is 0 Å². The van der Waals surface area contributed by atoms with Gasteiger partial charge in [-0.2, -0.15) is 0 Å². The van der Waals surface area contributed by atoms with Crippen molar-refractivity contribution in [2.24, 2.45) is 0 Å². The molecule has 0 bridgehead atoms. The molecule has 0 aromatic carbocycles. The molecule has 0 radical (unpaired) electrons. The summed E-state index contributed by atoms with van der Waals surface area (Å²) in [5, 5.41) is 3.44. The largest absolute Gasteiger partial charge is 0.314 e. The summed E-state index contributed by atoms with van der Waals surface area (Å²) in [6.07, 6.45) is 2.26. The maximum absolute atomic E-state index is 11.2. The maximum Gasteiger partial charge on any atom is 0.152 e. The number of hydrogen-bond acceptors (Lipinski definition) is 4. The number of rotatable bonds is 6. The summed E-state index contributed by atoms with van der Waals surface area (Å²) in [7, 11) is -2.72. The predicted molar refractivity (Wildman–Crippen MR) is 67.5 cm³/mol. The fraction of sp³-hybridized carbons (Fsp3) is 1.00. The van der Waals surface area contributed by atoms with E-state index in [4.69, 9.17) is 0 Å². The summed E-state index contributed by atoms with van der Waals surface area (Å²) in [5.74, 6) is 0.678. The van der Waals surface area contributed by atoms with Gasteiger partial charge in [0.2, 0.25) is 0 Å². The molecule has 4 nitrogen and oxygen atoms in total. The van der Waals surface area contributed by atoms with Gasteiger partial charge in [-0.05, 0) is 32.9 Å². The smallest absolute Gasteiger partial charge is 0.152 e. The monoisotopic (exact) mass is 248 g/mol. The van der Waals surface area contributed by atoms with E-state index in [0.717, 1.165) is 25.9 Å². The van der Waals surface area contributed by atoms with Crippen LogP contribution < -0.4 is 5.32 Å². The number of nitrogens with zero attached hydrogens (tertiary/aromatic N) is 1. The second-order valence-electron chi connectivity index (χ2n) is 4.61. The summed E-state index contributed by atoms with van der Waals surface area (Å²) >= 11 is 0. The van der Waals surface area contributed by atoms with Gasteiger partial charge in [-0.1, -0.05) is 6.92 Å². The van der Waals surface area contributed by atoms with Gasteiger partial charge in [0.15, 0.2) is 9.84 Å². The number of nitrogens with one attached hydrogen (secondary N) is 1. The molecule has 1 N–H and O–H groups in total. The highest BCUT2D eigenvalue weighted by atomic mass is 32.2. The quantitative estimate of drug-likeness (QED) is 0.695. The molecule has 96 valence electrons. The van der Waals surface area contributed by atoms with Crippen LogP contribution in [0.3, 0.4) is 0 Å². The Balaban J connectivity index is 2.07. The van der Waals surface area contributed by atoms with E-state index in [2.05, 4.69) is 24.1 Å². The van der Waals surface area contributed by atoms with Gasteiger partial charge in [0.25, 0.3) is 0 Å². The topological polar surface area (TPSA) is 49.4 Å². The van der Waals surface area contributed by atoms with E-state index in [-0.39, 0.29) is 0 Å². The normalized spacial score (nSPS) is 23.1. The minimum atomic E-state index is -2.72. The summed E-state index contributed by atoms with van der Waals surface area (Å²) in [4.78, 5) is 2.25. The molecule has 0 aliphatic carbocycles. The molecule has 1 atom stereocenters.